The van der Waals surface area contributed by atoms with E-state index in [-0.39, 0.29) is 11.8 Å². The van der Waals surface area contributed by atoms with E-state index in [9.17, 15) is 9.90 Å². The lowest BCUT2D eigenvalue weighted by Crippen LogP contribution is -2.52. The summed E-state index contributed by atoms with van der Waals surface area (Å²) in [6.07, 6.45) is 3.69. The van der Waals surface area contributed by atoms with E-state index < -0.39 is 5.60 Å². The number of hydrogen-bond donors (Lipinski definition) is 2. The maximum atomic E-state index is 11.8. The van der Waals surface area contributed by atoms with Gasteiger partial charge in [0.2, 0.25) is 5.91 Å². The topological polar surface area (TPSA) is 52.6 Å². The molecule has 0 unspecified atom stereocenters. The normalized spacial score (nSPS) is 19.3. The Morgan fingerprint density at radius 3 is 2.50 bits per heavy atom. The molecule has 1 fully saturated rings. The third kappa shape index (κ3) is 4.58. The molecule has 1 aliphatic rings. The van der Waals surface area contributed by atoms with Crippen molar-refractivity contribution in [2.75, 3.05) is 26.2 Å². The van der Waals surface area contributed by atoms with Gasteiger partial charge in [0.1, 0.15) is 0 Å². The van der Waals surface area contributed by atoms with Crippen LogP contribution in [0.2, 0.25) is 0 Å². The van der Waals surface area contributed by atoms with Crippen LogP contribution in [0.5, 0.6) is 0 Å². The highest BCUT2D eigenvalue weighted by Gasteiger charge is 2.33. The molecule has 0 saturated carbocycles. The molecule has 4 heteroatoms. The van der Waals surface area contributed by atoms with Gasteiger partial charge in [0.05, 0.1) is 5.60 Å². The highest BCUT2D eigenvalue weighted by molar-refractivity contribution is 5.78. The predicted molar refractivity (Wildman–Crippen MR) is 73.4 cm³/mol. The Kier molecular flexibility index (Phi) is 6.09. The molecule has 0 aromatic carbocycles. The smallest absolute Gasteiger partial charge is 0.225 e. The van der Waals surface area contributed by atoms with Gasteiger partial charge in [-0.15, -0.1) is 0 Å². The van der Waals surface area contributed by atoms with Crippen LogP contribution in [0.4, 0.5) is 0 Å². The van der Waals surface area contributed by atoms with E-state index in [0.29, 0.717) is 32.5 Å². The lowest BCUT2D eigenvalue weighted by atomic mass is 9.90. The van der Waals surface area contributed by atoms with Gasteiger partial charge in [-0.05, 0) is 25.8 Å². The second-order valence-electron chi connectivity index (χ2n) is 5.73. The molecule has 0 atom stereocenters. The second kappa shape index (κ2) is 7.10. The first kappa shape index (κ1) is 15.4. The van der Waals surface area contributed by atoms with Crippen LogP contribution in [-0.4, -0.2) is 47.7 Å². The molecule has 0 bridgehead atoms. The summed E-state index contributed by atoms with van der Waals surface area (Å²) >= 11 is 0. The van der Waals surface area contributed by atoms with E-state index in [4.69, 9.17) is 0 Å². The quantitative estimate of drug-likeness (QED) is 0.706. The van der Waals surface area contributed by atoms with Crippen molar-refractivity contribution in [3.8, 4) is 0 Å². The lowest BCUT2D eigenvalue weighted by molar-refractivity contribution is -0.138. The summed E-state index contributed by atoms with van der Waals surface area (Å²) in [5.74, 6) is 0.259. The zero-order valence-corrected chi connectivity index (χ0v) is 12.0. The lowest BCUT2D eigenvalue weighted by Gasteiger charge is -2.39. The minimum Gasteiger partial charge on any atom is -0.388 e. The molecule has 18 heavy (non-hydrogen) atoms. The SMILES string of the molecule is CCCCNCC1(O)CCN(C(=O)C(C)C)CC1. The molecule has 0 spiro atoms. The number of unbranched alkanes of at least 4 members (excludes halogenated alkanes) is 1. The van der Waals surface area contributed by atoms with E-state index in [1.807, 2.05) is 18.7 Å². The van der Waals surface area contributed by atoms with Gasteiger partial charge in [-0.3, -0.25) is 4.79 Å². The average molecular weight is 256 g/mol. The Hall–Kier alpha value is -0.610. The van der Waals surface area contributed by atoms with Gasteiger partial charge in [-0.1, -0.05) is 27.2 Å². The fourth-order valence-electron chi connectivity index (χ4n) is 2.31. The molecular formula is C14H28N2O2. The number of carbonyl (C=O) groups is 1. The summed E-state index contributed by atoms with van der Waals surface area (Å²) in [5.41, 5.74) is -0.624. The van der Waals surface area contributed by atoms with Crippen LogP contribution in [0.3, 0.4) is 0 Å². The summed E-state index contributed by atoms with van der Waals surface area (Å²) in [4.78, 5) is 13.7. The first-order valence-electron chi connectivity index (χ1n) is 7.20. The summed E-state index contributed by atoms with van der Waals surface area (Å²) in [6, 6.07) is 0. The standard InChI is InChI=1S/C14H28N2O2/c1-4-5-8-15-11-14(18)6-9-16(10-7-14)13(17)12(2)3/h12,15,18H,4-11H2,1-3H3. The average Bonchev–Trinajstić information content (AvgIpc) is 2.35. The molecular weight excluding hydrogens is 228 g/mol. The van der Waals surface area contributed by atoms with E-state index in [0.717, 1.165) is 13.0 Å². The van der Waals surface area contributed by atoms with Crippen LogP contribution in [-0.2, 0) is 4.79 Å². The van der Waals surface area contributed by atoms with Crippen molar-refractivity contribution in [2.45, 2.75) is 52.1 Å². The molecule has 1 rings (SSSR count). The number of piperidine rings is 1. The molecule has 1 aliphatic heterocycles. The minimum atomic E-state index is -0.624. The third-order valence-corrected chi connectivity index (χ3v) is 3.66. The molecule has 106 valence electrons. The Morgan fingerprint density at radius 2 is 2.00 bits per heavy atom. The van der Waals surface area contributed by atoms with Crippen molar-refractivity contribution in [1.82, 2.24) is 10.2 Å². The number of carbonyl (C=O) groups excluding carboxylic acids is 1. The molecule has 0 aliphatic carbocycles. The van der Waals surface area contributed by atoms with Gasteiger partial charge in [0, 0.05) is 25.6 Å². The minimum absolute atomic E-state index is 0.0545. The highest BCUT2D eigenvalue weighted by Crippen LogP contribution is 2.22. The Balaban J connectivity index is 2.30. The fraction of sp³-hybridized carbons (Fsp3) is 0.929. The van der Waals surface area contributed by atoms with Gasteiger partial charge in [-0.2, -0.15) is 0 Å². The van der Waals surface area contributed by atoms with Gasteiger partial charge >= 0.3 is 0 Å². The molecule has 2 N–H and O–H groups in total. The number of rotatable bonds is 6. The van der Waals surface area contributed by atoms with Crippen molar-refractivity contribution >= 4 is 5.91 Å². The number of nitrogens with zero attached hydrogens (tertiary/aromatic N) is 1. The zero-order valence-electron chi connectivity index (χ0n) is 12.0. The van der Waals surface area contributed by atoms with Crippen LogP contribution in [0.25, 0.3) is 0 Å². The van der Waals surface area contributed by atoms with Crippen molar-refractivity contribution in [3.63, 3.8) is 0 Å². The molecule has 1 amide bonds. The van der Waals surface area contributed by atoms with E-state index in [1.165, 1.54) is 6.42 Å². The first-order chi connectivity index (χ1) is 8.48. The number of nitrogens with one attached hydrogen (secondary N) is 1. The maximum Gasteiger partial charge on any atom is 0.225 e. The maximum absolute atomic E-state index is 11.8. The predicted octanol–water partition coefficient (Wildman–Crippen LogP) is 1.39. The van der Waals surface area contributed by atoms with Gasteiger partial charge < -0.3 is 15.3 Å². The number of likely N-dealkylation sites (tertiary alicyclic amines) is 1. The van der Waals surface area contributed by atoms with Gasteiger partial charge in [0.15, 0.2) is 0 Å². The Bertz CT molecular complexity index is 259. The largest absolute Gasteiger partial charge is 0.388 e. The van der Waals surface area contributed by atoms with E-state index >= 15 is 0 Å². The number of aliphatic hydroxyl groups is 1. The summed E-state index contributed by atoms with van der Waals surface area (Å²) in [7, 11) is 0. The molecule has 4 nitrogen and oxygen atoms in total. The van der Waals surface area contributed by atoms with Crippen molar-refractivity contribution in [2.24, 2.45) is 5.92 Å². The molecule has 0 aromatic rings. The van der Waals surface area contributed by atoms with Crippen LogP contribution >= 0.6 is 0 Å². The third-order valence-electron chi connectivity index (χ3n) is 3.66. The highest BCUT2D eigenvalue weighted by atomic mass is 16.3. The first-order valence-corrected chi connectivity index (χ1v) is 7.20. The van der Waals surface area contributed by atoms with Gasteiger partial charge in [-0.25, -0.2) is 0 Å². The summed E-state index contributed by atoms with van der Waals surface area (Å²) in [6.45, 7) is 8.99. The molecule has 1 heterocycles. The van der Waals surface area contributed by atoms with Crippen LogP contribution in [0, 0.1) is 5.92 Å². The van der Waals surface area contributed by atoms with Crippen molar-refractivity contribution in [3.05, 3.63) is 0 Å². The van der Waals surface area contributed by atoms with Crippen LogP contribution in [0.1, 0.15) is 46.5 Å². The second-order valence-corrected chi connectivity index (χ2v) is 5.73. The molecule has 0 radical (unpaired) electrons. The molecule has 1 saturated heterocycles. The van der Waals surface area contributed by atoms with Crippen molar-refractivity contribution in [1.29, 1.82) is 0 Å². The van der Waals surface area contributed by atoms with Crippen LogP contribution in [0.15, 0.2) is 0 Å². The molecule has 0 aromatic heterocycles. The Morgan fingerprint density at radius 1 is 1.39 bits per heavy atom. The van der Waals surface area contributed by atoms with E-state index in [1.54, 1.807) is 0 Å². The fourth-order valence-corrected chi connectivity index (χ4v) is 2.31. The monoisotopic (exact) mass is 256 g/mol. The van der Waals surface area contributed by atoms with Gasteiger partial charge in [0.25, 0.3) is 0 Å². The number of amides is 1. The summed E-state index contributed by atoms with van der Waals surface area (Å²) < 4.78 is 0. The summed E-state index contributed by atoms with van der Waals surface area (Å²) in [5, 5.41) is 13.7. The van der Waals surface area contributed by atoms with E-state index in [2.05, 4.69) is 12.2 Å². The van der Waals surface area contributed by atoms with Crippen LogP contribution < -0.4 is 5.32 Å². The Labute approximate surface area is 111 Å². The zero-order chi connectivity index (χ0) is 13.6. The van der Waals surface area contributed by atoms with Crippen molar-refractivity contribution < 1.29 is 9.90 Å². The number of hydrogen-bond acceptors (Lipinski definition) is 3.